The van der Waals surface area contributed by atoms with Crippen LogP contribution in [0.4, 0.5) is 0 Å². The van der Waals surface area contributed by atoms with Gasteiger partial charge in [-0.1, -0.05) is 379 Å². The molecule has 6 atom stereocenters. The van der Waals surface area contributed by atoms with Crippen molar-refractivity contribution in [2.24, 2.45) is 152 Å². The molecule has 6 aromatic carbocycles. The third-order valence-corrected chi connectivity index (χ3v) is 25.0. The molecule has 6 unspecified atom stereocenters. The molecule has 0 bridgehead atoms. The minimum Gasteiger partial charge on any atom is -0.326 e. The van der Waals surface area contributed by atoms with Crippen LogP contribution in [0.1, 0.15) is 350 Å². The average molecular weight is 1530 g/mol. The summed E-state index contributed by atoms with van der Waals surface area (Å²) < 4.78 is 0. The normalized spacial score (nSPS) is 14.5. The van der Waals surface area contributed by atoms with E-state index in [9.17, 15) is 0 Å². The Kier molecular flexibility index (Phi) is 44.1. The molecule has 24 N–H and O–H groups in total. The van der Waals surface area contributed by atoms with Crippen molar-refractivity contribution in [2.45, 2.75) is 323 Å². The Morgan fingerprint density at radius 2 is 0.459 bits per heavy atom. The molecule has 6 rings (SSSR count). The van der Waals surface area contributed by atoms with Gasteiger partial charge in [0.25, 0.3) is 0 Å². The molecule has 0 fully saturated rings. The second kappa shape index (κ2) is 47.2. The van der Waals surface area contributed by atoms with Gasteiger partial charge in [0.1, 0.15) is 0 Å². The van der Waals surface area contributed by atoms with Crippen LogP contribution in [-0.2, 0) is 39.8 Å². The second-order valence-corrected chi connectivity index (χ2v) is 37.5. The summed E-state index contributed by atoms with van der Waals surface area (Å²) in [6, 6.07) is 51.5. The number of hydrogen-bond acceptors (Lipinski definition) is 12. The molecule has 0 spiro atoms. The summed E-state index contributed by atoms with van der Waals surface area (Å²) in [4.78, 5) is 0. The standard InChI is InChI=1S/C20H36N2.3C17H30N2.2C14H24N2/c1-13(2)19(21,14(3)4)17-10-9-11-18(12-17)20(22,15(5)6)16(7)8;1-11(2)16(18)14-8-7-9-15(10-14)17(19,12(3)4)13(5)6;1-6-10-17(19,13(4)5)15-9-7-8-14(11-15)16(18)12(2)3;1-5-10-17(19,11-6-2)15-9-7-8-14(12-15)16(18)13(3)4;1-10(2)14(16,11(3)4)13-7-5-6-12(8-13)9-15;1-9(2)13(15)11-6-5-7-12(8-11)14(16)10(3)4/h9-16H,21-22H2,1-8H3;7-13,16H,18-19H2,1-6H3;7-9,11-13,16H,6,10,18-19H2,1-5H3;7-9,12-13,16H,5-6,10-11,18-19H2,1-4H3;5-8,10-11H,9,15-16H2,1-4H3;5-10,13-14H,15-16H2,1-4H3. The molecule has 0 aliphatic carbocycles. The van der Waals surface area contributed by atoms with Gasteiger partial charge in [-0.05, 0) is 169 Å². The number of benzene rings is 6. The minimum absolute atomic E-state index is 0.0727. The maximum atomic E-state index is 6.83. The third-order valence-electron chi connectivity index (χ3n) is 25.0. The lowest BCUT2D eigenvalue weighted by molar-refractivity contribution is 0.217. The van der Waals surface area contributed by atoms with Gasteiger partial charge < -0.3 is 68.8 Å². The highest BCUT2D eigenvalue weighted by Gasteiger charge is 2.40. The predicted molar refractivity (Wildman–Crippen MR) is 489 cm³/mol. The predicted octanol–water partition coefficient (Wildman–Crippen LogP) is 22.1. The Labute approximate surface area is 683 Å². The van der Waals surface area contributed by atoms with Gasteiger partial charge in [0, 0.05) is 70.0 Å². The van der Waals surface area contributed by atoms with Crippen molar-refractivity contribution >= 4 is 0 Å². The van der Waals surface area contributed by atoms with Crippen molar-refractivity contribution in [3.05, 3.63) is 212 Å². The van der Waals surface area contributed by atoms with Gasteiger partial charge in [-0.15, -0.1) is 0 Å². The summed E-state index contributed by atoms with van der Waals surface area (Å²) in [5.74, 6) is 5.68. The molecule has 0 radical (unpaired) electrons. The van der Waals surface area contributed by atoms with Gasteiger partial charge in [-0.25, -0.2) is 0 Å². The van der Waals surface area contributed by atoms with E-state index >= 15 is 0 Å². The molecular formula is C99H174N12. The van der Waals surface area contributed by atoms with Gasteiger partial charge in [-0.3, -0.25) is 0 Å². The Morgan fingerprint density at radius 3 is 0.721 bits per heavy atom. The smallest absolute Gasteiger partial charge is 0.0456 e. The summed E-state index contributed by atoms with van der Waals surface area (Å²) in [6.45, 7) is 68.1. The highest BCUT2D eigenvalue weighted by molar-refractivity contribution is 5.38. The van der Waals surface area contributed by atoms with Crippen molar-refractivity contribution < 1.29 is 0 Å². The molecule has 6 aromatic rings. The molecular weight excluding hydrogens is 1360 g/mol. The highest BCUT2D eigenvalue weighted by atomic mass is 14.8. The van der Waals surface area contributed by atoms with E-state index in [1.165, 1.54) is 61.2 Å². The van der Waals surface area contributed by atoms with E-state index in [0.29, 0.717) is 89.4 Å². The van der Waals surface area contributed by atoms with E-state index in [1.807, 2.05) is 12.1 Å². The van der Waals surface area contributed by atoms with Crippen LogP contribution in [-0.4, -0.2) is 0 Å². The van der Waals surface area contributed by atoms with Crippen molar-refractivity contribution in [2.75, 3.05) is 0 Å². The van der Waals surface area contributed by atoms with Gasteiger partial charge in [0.15, 0.2) is 0 Å². The molecule has 111 heavy (non-hydrogen) atoms. The molecule has 0 amide bonds. The molecule has 0 aromatic heterocycles. The molecule has 0 saturated carbocycles. The van der Waals surface area contributed by atoms with Crippen LogP contribution >= 0.6 is 0 Å². The lowest BCUT2D eigenvalue weighted by atomic mass is 9.69. The van der Waals surface area contributed by atoms with E-state index < -0.39 is 0 Å². The zero-order chi connectivity index (χ0) is 85.8. The zero-order valence-electron chi connectivity index (χ0n) is 76.7. The summed E-state index contributed by atoms with van der Waals surface area (Å²) >= 11 is 0. The Hall–Kier alpha value is -5.16. The molecule has 0 aliphatic rings. The Balaban J connectivity index is 0.000000668. The van der Waals surface area contributed by atoms with Crippen molar-refractivity contribution in [1.29, 1.82) is 0 Å². The molecule has 12 heteroatoms. The number of nitrogens with two attached hydrogens (primary N) is 12. The summed E-state index contributed by atoms with van der Waals surface area (Å²) in [5, 5.41) is 0. The molecule has 630 valence electrons. The fourth-order valence-electron chi connectivity index (χ4n) is 15.8. The SMILES string of the molecule is CC(C)C(N)(c1cccc(C(N)(C(C)C)C(C)C)c1)C(C)C.CC(C)C(N)(c1cccc(CN)c1)C(C)C.CC(C)C(N)c1cccc(C(N)(C(C)C)C(C)C)c1.CC(C)C(N)c1cccc(C(N)C(C)C)c1.CCCC(N)(CCC)c1cccc(C(N)C(C)C)c1.CCCC(N)(c1cccc(C(N)C(C)C)c1)C(C)C. The first-order valence-corrected chi connectivity index (χ1v) is 43.1. The summed E-state index contributed by atoms with van der Waals surface area (Å²) in [6.07, 6.45) is 6.37. The molecule has 0 heterocycles. The maximum Gasteiger partial charge on any atom is 0.0456 e. The number of rotatable bonds is 32. The van der Waals surface area contributed by atoms with E-state index in [4.69, 9.17) is 68.8 Å². The Morgan fingerprint density at radius 1 is 0.243 bits per heavy atom. The van der Waals surface area contributed by atoms with Gasteiger partial charge in [0.05, 0.1) is 0 Å². The van der Waals surface area contributed by atoms with Gasteiger partial charge in [0.2, 0.25) is 0 Å². The van der Waals surface area contributed by atoms with Gasteiger partial charge in [-0.2, -0.15) is 0 Å². The Bertz CT molecular complexity index is 3430. The summed E-state index contributed by atoms with van der Waals surface area (Å²) in [5.41, 5.74) is 89.7. The lowest BCUT2D eigenvalue weighted by Gasteiger charge is -2.41. The molecule has 0 saturated heterocycles. The van der Waals surface area contributed by atoms with E-state index in [1.54, 1.807) is 0 Å². The highest BCUT2D eigenvalue weighted by Crippen LogP contribution is 2.42. The van der Waals surface area contributed by atoms with E-state index in [2.05, 4.69) is 348 Å². The first kappa shape index (κ1) is 104. The van der Waals surface area contributed by atoms with E-state index in [0.717, 1.165) is 44.1 Å². The minimum atomic E-state index is -0.328. The van der Waals surface area contributed by atoms with Crippen LogP contribution in [0.25, 0.3) is 0 Å². The summed E-state index contributed by atoms with van der Waals surface area (Å²) in [7, 11) is 0. The van der Waals surface area contributed by atoms with Crippen molar-refractivity contribution in [3.8, 4) is 0 Å². The zero-order valence-corrected chi connectivity index (χ0v) is 76.7. The largest absolute Gasteiger partial charge is 0.326 e. The average Bonchev–Trinajstić information content (AvgIpc) is 0.778. The monoisotopic (exact) mass is 1530 g/mol. The van der Waals surface area contributed by atoms with Crippen LogP contribution in [0.5, 0.6) is 0 Å². The fraction of sp³-hybridized carbons (Fsp3) is 0.636. The van der Waals surface area contributed by atoms with E-state index in [-0.39, 0.29) is 63.4 Å². The van der Waals surface area contributed by atoms with Crippen LogP contribution < -0.4 is 68.8 Å². The first-order chi connectivity index (χ1) is 51.3. The quantitative estimate of drug-likeness (QED) is 0.0188. The molecule has 0 aliphatic heterocycles. The molecule has 12 nitrogen and oxygen atoms in total. The van der Waals surface area contributed by atoms with Crippen LogP contribution in [0.15, 0.2) is 146 Å². The second-order valence-electron chi connectivity index (χ2n) is 37.5. The first-order valence-electron chi connectivity index (χ1n) is 43.1. The third kappa shape index (κ3) is 28.0. The van der Waals surface area contributed by atoms with Crippen LogP contribution in [0.3, 0.4) is 0 Å². The van der Waals surface area contributed by atoms with Gasteiger partial charge >= 0.3 is 0 Å². The van der Waals surface area contributed by atoms with Crippen molar-refractivity contribution in [1.82, 2.24) is 0 Å². The number of hydrogen-bond donors (Lipinski definition) is 12. The maximum absolute atomic E-state index is 6.83. The van der Waals surface area contributed by atoms with Crippen LogP contribution in [0, 0.1) is 82.9 Å². The topological polar surface area (TPSA) is 312 Å². The van der Waals surface area contributed by atoms with Crippen LogP contribution in [0.2, 0.25) is 0 Å². The fourth-order valence-corrected chi connectivity index (χ4v) is 15.8. The van der Waals surface area contributed by atoms with Crippen molar-refractivity contribution in [3.63, 3.8) is 0 Å². The lowest BCUT2D eigenvalue weighted by Crippen LogP contribution is -2.49.